The molecule has 26 heavy (non-hydrogen) atoms. The van der Waals surface area contributed by atoms with Crippen molar-refractivity contribution in [3.63, 3.8) is 0 Å². The van der Waals surface area contributed by atoms with Crippen LogP contribution < -0.4 is 4.90 Å². The third-order valence-corrected chi connectivity index (χ3v) is 5.55. The fourth-order valence-corrected chi connectivity index (χ4v) is 4.16. The van der Waals surface area contributed by atoms with Crippen LogP contribution in [0.5, 0.6) is 0 Å². The molecule has 0 spiro atoms. The molecule has 0 unspecified atom stereocenters. The Labute approximate surface area is 154 Å². The van der Waals surface area contributed by atoms with E-state index < -0.39 is 0 Å². The van der Waals surface area contributed by atoms with Crippen molar-refractivity contribution in [1.29, 1.82) is 0 Å². The van der Waals surface area contributed by atoms with E-state index in [1.165, 1.54) is 0 Å². The molecule has 1 saturated heterocycles. The van der Waals surface area contributed by atoms with E-state index in [1.54, 1.807) is 6.20 Å². The molecule has 1 aliphatic carbocycles. The van der Waals surface area contributed by atoms with Crippen LogP contribution in [0.3, 0.4) is 0 Å². The summed E-state index contributed by atoms with van der Waals surface area (Å²) in [6.45, 7) is 1.31. The predicted octanol–water partition coefficient (Wildman–Crippen LogP) is 2.97. The monoisotopic (exact) mass is 351 g/mol. The lowest BCUT2D eigenvalue weighted by Crippen LogP contribution is -2.40. The minimum atomic E-state index is 0.119. The smallest absolute Gasteiger partial charge is 0.254 e. The number of anilines is 1. The lowest BCUT2D eigenvalue weighted by atomic mass is 10.1. The Morgan fingerprint density at radius 1 is 1.19 bits per heavy atom. The molecule has 1 aliphatic heterocycles. The van der Waals surface area contributed by atoms with E-state index in [-0.39, 0.29) is 18.1 Å². The maximum atomic E-state index is 13.0. The van der Waals surface area contributed by atoms with Gasteiger partial charge in [0.1, 0.15) is 0 Å². The molecule has 2 bridgehead atoms. The number of likely N-dealkylation sites (tertiary alicyclic amines) is 1. The van der Waals surface area contributed by atoms with E-state index in [4.69, 9.17) is 4.74 Å². The van der Waals surface area contributed by atoms with E-state index in [9.17, 15) is 4.79 Å². The summed E-state index contributed by atoms with van der Waals surface area (Å²) in [5.74, 6) is 0.558. The van der Waals surface area contributed by atoms with E-state index in [2.05, 4.69) is 4.98 Å². The fraction of sp³-hybridized carbons (Fsp3) is 0.429. The molecule has 0 radical (unpaired) electrons. The number of rotatable bonds is 5. The summed E-state index contributed by atoms with van der Waals surface area (Å²) in [6, 6.07) is 13.9. The van der Waals surface area contributed by atoms with Gasteiger partial charge in [0.25, 0.3) is 5.91 Å². The van der Waals surface area contributed by atoms with Gasteiger partial charge in [0.05, 0.1) is 24.4 Å². The Balaban J connectivity index is 1.43. The van der Waals surface area contributed by atoms with Crippen LogP contribution >= 0.6 is 0 Å². The standard InChI is InChI=1S/C21H25N3O2/c1-23(2)18-9-6-15(7-10-18)21(25)24-13-16-8-11-19(24)20(16)26-14-17-5-3-4-12-22-17/h3-7,9-10,12,16,19-20H,8,11,13-14H2,1-2H3/t16-,19+,20+/m1/s1. The topological polar surface area (TPSA) is 45.7 Å². The van der Waals surface area contributed by atoms with Gasteiger partial charge in [-0.1, -0.05) is 6.07 Å². The molecule has 2 heterocycles. The van der Waals surface area contributed by atoms with Crippen LogP contribution in [0.25, 0.3) is 0 Å². The molecule has 5 nitrogen and oxygen atoms in total. The second-order valence-electron chi connectivity index (χ2n) is 7.40. The number of fused-ring (bicyclic) bond motifs is 2. The quantitative estimate of drug-likeness (QED) is 0.831. The number of aromatic nitrogens is 1. The highest BCUT2D eigenvalue weighted by molar-refractivity contribution is 5.95. The molecular weight excluding hydrogens is 326 g/mol. The van der Waals surface area contributed by atoms with Crippen molar-refractivity contribution in [2.75, 3.05) is 25.5 Å². The van der Waals surface area contributed by atoms with Gasteiger partial charge in [-0.05, 0) is 49.2 Å². The zero-order valence-corrected chi connectivity index (χ0v) is 15.3. The molecule has 136 valence electrons. The Morgan fingerprint density at radius 3 is 2.69 bits per heavy atom. The molecule has 1 amide bonds. The van der Waals surface area contributed by atoms with Crippen molar-refractivity contribution < 1.29 is 9.53 Å². The number of benzene rings is 1. The molecule has 1 aromatic carbocycles. The van der Waals surface area contributed by atoms with Gasteiger partial charge in [-0.3, -0.25) is 9.78 Å². The van der Waals surface area contributed by atoms with Crippen LogP contribution in [0.2, 0.25) is 0 Å². The molecule has 1 aromatic heterocycles. The van der Waals surface area contributed by atoms with Crippen LogP contribution in [0.1, 0.15) is 28.9 Å². The number of hydrogen-bond donors (Lipinski definition) is 0. The highest BCUT2D eigenvalue weighted by atomic mass is 16.5. The second kappa shape index (κ2) is 7.08. The van der Waals surface area contributed by atoms with Crippen LogP contribution in [-0.4, -0.2) is 48.6 Å². The van der Waals surface area contributed by atoms with E-state index in [0.717, 1.165) is 36.3 Å². The van der Waals surface area contributed by atoms with Crippen molar-refractivity contribution in [3.05, 3.63) is 59.9 Å². The Bertz CT molecular complexity index is 761. The maximum absolute atomic E-state index is 13.0. The first-order chi connectivity index (χ1) is 12.6. The Morgan fingerprint density at radius 2 is 2.00 bits per heavy atom. The zero-order chi connectivity index (χ0) is 18.1. The summed E-state index contributed by atoms with van der Waals surface area (Å²) < 4.78 is 6.18. The summed E-state index contributed by atoms with van der Waals surface area (Å²) in [6.07, 6.45) is 4.08. The maximum Gasteiger partial charge on any atom is 0.254 e. The number of carbonyl (C=O) groups is 1. The lowest BCUT2D eigenvalue weighted by Gasteiger charge is -2.27. The summed E-state index contributed by atoms with van der Waals surface area (Å²) in [5, 5.41) is 0. The molecule has 3 atom stereocenters. The largest absolute Gasteiger partial charge is 0.378 e. The number of pyridine rings is 1. The van der Waals surface area contributed by atoms with Gasteiger partial charge in [0.2, 0.25) is 0 Å². The van der Waals surface area contributed by atoms with E-state index in [0.29, 0.717) is 12.5 Å². The molecular formula is C21H25N3O2. The SMILES string of the molecule is CN(C)c1ccc(C(=O)N2C[C@H]3CC[C@H]2[C@H]3OCc2ccccn2)cc1. The van der Waals surface area contributed by atoms with E-state index >= 15 is 0 Å². The predicted molar refractivity (Wildman–Crippen MR) is 101 cm³/mol. The minimum Gasteiger partial charge on any atom is -0.378 e. The number of hydrogen-bond acceptors (Lipinski definition) is 4. The zero-order valence-electron chi connectivity index (χ0n) is 15.3. The number of piperidine rings is 1. The summed E-state index contributed by atoms with van der Waals surface area (Å²) in [5.41, 5.74) is 2.80. The third-order valence-electron chi connectivity index (χ3n) is 5.55. The van der Waals surface area contributed by atoms with Crippen molar-refractivity contribution in [2.24, 2.45) is 5.92 Å². The normalized spacial score (nSPS) is 24.1. The first kappa shape index (κ1) is 17.0. The van der Waals surface area contributed by atoms with Gasteiger partial charge in [0.15, 0.2) is 0 Å². The Hall–Kier alpha value is -2.40. The lowest BCUT2D eigenvalue weighted by molar-refractivity contribution is 0.0144. The Kier molecular flexibility index (Phi) is 4.64. The van der Waals surface area contributed by atoms with Crippen LogP contribution in [0, 0.1) is 5.92 Å². The third kappa shape index (κ3) is 3.19. The van der Waals surface area contributed by atoms with Gasteiger partial charge in [-0.2, -0.15) is 0 Å². The molecule has 5 heteroatoms. The van der Waals surface area contributed by atoms with Crippen LogP contribution in [-0.2, 0) is 11.3 Å². The summed E-state index contributed by atoms with van der Waals surface area (Å²) in [7, 11) is 4.00. The summed E-state index contributed by atoms with van der Waals surface area (Å²) in [4.78, 5) is 21.4. The fourth-order valence-electron chi connectivity index (χ4n) is 4.16. The highest BCUT2D eigenvalue weighted by Gasteiger charge is 2.49. The summed E-state index contributed by atoms with van der Waals surface area (Å²) >= 11 is 0. The molecule has 1 saturated carbocycles. The van der Waals surface area contributed by atoms with Crippen molar-refractivity contribution >= 4 is 11.6 Å². The first-order valence-electron chi connectivity index (χ1n) is 9.23. The average Bonchev–Trinajstić information content (AvgIpc) is 3.23. The average molecular weight is 351 g/mol. The number of amides is 1. The van der Waals surface area contributed by atoms with Crippen molar-refractivity contribution in [3.8, 4) is 0 Å². The van der Waals surface area contributed by atoms with Crippen LogP contribution in [0.15, 0.2) is 48.7 Å². The number of nitrogens with zero attached hydrogens (tertiary/aromatic N) is 3. The van der Waals surface area contributed by atoms with E-state index in [1.807, 2.05) is 66.4 Å². The van der Waals surface area contributed by atoms with Crippen molar-refractivity contribution in [2.45, 2.75) is 31.6 Å². The molecule has 2 aromatic rings. The van der Waals surface area contributed by atoms with Crippen molar-refractivity contribution in [1.82, 2.24) is 9.88 Å². The molecule has 2 fully saturated rings. The number of ether oxygens (including phenoxy) is 1. The van der Waals surface area contributed by atoms with Gasteiger partial charge in [-0.15, -0.1) is 0 Å². The number of carbonyl (C=O) groups excluding carboxylic acids is 1. The highest BCUT2D eigenvalue weighted by Crippen LogP contribution is 2.40. The van der Waals surface area contributed by atoms with Gasteiger partial charge < -0.3 is 14.5 Å². The van der Waals surface area contributed by atoms with Crippen LogP contribution in [0.4, 0.5) is 5.69 Å². The van der Waals surface area contributed by atoms with Gasteiger partial charge in [-0.25, -0.2) is 0 Å². The van der Waals surface area contributed by atoms with Gasteiger partial charge >= 0.3 is 0 Å². The molecule has 2 aliphatic rings. The molecule has 0 N–H and O–H groups in total. The van der Waals surface area contributed by atoms with Gasteiger partial charge in [0, 0.05) is 44.0 Å². The molecule has 4 rings (SSSR count). The first-order valence-corrected chi connectivity index (χ1v) is 9.23. The minimum absolute atomic E-state index is 0.119. The second-order valence-corrected chi connectivity index (χ2v) is 7.40.